The van der Waals surface area contributed by atoms with Crippen molar-refractivity contribution in [2.45, 2.75) is 12.7 Å². The highest BCUT2D eigenvalue weighted by Gasteiger charge is 2.11. The number of benzene rings is 2. The van der Waals surface area contributed by atoms with E-state index in [-0.39, 0.29) is 18.1 Å². The summed E-state index contributed by atoms with van der Waals surface area (Å²) in [6.07, 6.45) is 1.51. The molecule has 0 unspecified atom stereocenters. The molecular weight excluding hydrogens is 386 g/mol. The van der Waals surface area contributed by atoms with Crippen molar-refractivity contribution in [1.29, 1.82) is 0 Å². The zero-order valence-corrected chi connectivity index (χ0v) is 16.3. The topological polar surface area (TPSA) is 69.4 Å². The molecule has 7 heteroatoms. The number of aromatic nitrogens is 1. The molecule has 0 saturated carbocycles. The van der Waals surface area contributed by atoms with E-state index in [2.05, 4.69) is 4.98 Å². The van der Waals surface area contributed by atoms with Gasteiger partial charge in [-0.25, -0.2) is 4.98 Å². The monoisotopic (exact) mass is 403 g/mol. The number of carbonyl (C=O) groups excluding carboxylic acids is 1. The first-order chi connectivity index (χ1) is 13.0. The van der Waals surface area contributed by atoms with Gasteiger partial charge >= 0.3 is 0 Å². The van der Waals surface area contributed by atoms with E-state index < -0.39 is 10.8 Å². The fraction of sp³-hybridized carbons (Fsp3) is 0.200. The van der Waals surface area contributed by atoms with Crippen LogP contribution in [0.5, 0.6) is 5.75 Å². The molecule has 1 heterocycles. The minimum Gasteiger partial charge on any atom is -0.492 e. The predicted octanol–water partition coefficient (Wildman–Crippen LogP) is 4.53. The van der Waals surface area contributed by atoms with Gasteiger partial charge in [-0.05, 0) is 43.3 Å². The summed E-state index contributed by atoms with van der Waals surface area (Å²) < 4.78 is 23.3. The molecule has 0 radical (unpaired) electrons. The van der Waals surface area contributed by atoms with Crippen molar-refractivity contribution in [2.75, 3.05) is 12.4 Å². The first-order valence-electron chi connectivity index (χ1n) is 8.31. The van der Waals surface area contributed by atoms with Crippen LogP contribution in [0.15, 0.2) is 59.2 Å². The van der Waals surface area contributed by atoms with Gasteiger partial charge in [0.15, 0.2) is 5.78 Å². The number of Topliss-reactive ketones (excluding diaryl/α,β-unsaturated/α-hetero) is 1. The van der Waals surface area contributed by atoms with E-state index in [4.69, 9.17) is 20.8 Å². The van der Waals surface area contributed by atoms with Gasteiger partial charge in [0, 0.05) is 21.4 Å². The summed E-state index contributed by atoms with van der Waals surface area (Å²) >= 11 is 5.87. The van der Waals surface area contributed by atoms with Crippen molar-refractivity contribution in [1.82, 2.24) is 4.98 Å². The third-order valence-corrected chi connectivity index (χ3v) is 5.28. The molecule has 0 saturated heterocycles. The van der Waals surface area contributed by atoms with Crippen molar-refractivity contribution >= 4 is 28.2 Å². The zero-order chi connectivity index (χ0) is 19.2. The van der Waals surface area contributed by atoms with Crippen LogP contribution in [-0.2, 0) is 16.6 Å². The Labute approximate surface area is 164 Å². The number of ketones is 1. The highest BCUT2D eigenvalue weighted by Crippen LogP contribution is 2.21. The predicted molar refractivity (Wildman–Crippen MR) is 106 cm³/mol. The van der Waals surface area contributed by atoms with Crippen LogP contribution < -0.4 is 4.74 Å². The van der Waals surface area contributed by atoms with E-state index in [9.17, 15) is 9.00 Å². The molecule has 0 aliphatic carbocycles. The van der Waals surface area contributed by atoms with Crippen LogP contribution in [0.4, 0.5) is 0 Å². The number of rotatable bonds is 8. The van der Waals surface area contributed by atoms with Crippen molar-refractivity contribution < 1.29 is 18.2 Å². The van der Waals surface area contributed by atoms with Crippen LogP contribution in [0, 0.1) is 0 Å². The lowest BCUT2D eigenvalue weighted by molar-refractivity contribution is 0.101. The van der Waals surface area contributed by atoms with Crippen LogP contribution >= 0.6 is 11.6 Å². The van der Waals surface area contributed by atoms with E-state index >= 15 is 0 Å². The first kappa shape index (κ1) is 19.3. The fourth-order valence-corrected chi connectivity index (χ4v) is 3.47. The summed E-state index contributed by atoms with van der Waals surface area (Å²) in [4.78, 5) is 15.9. The molecule has 27 heavy (non-hydrogen) atoms. The first-order valence-corrected chi connectivity index (χ1v) is 10.2. The summed E-state index contributed by atoms with van der Waals surface area (Å²) in [7, 11) is -1.16. The van der Waals surface area contributed by atoms with Gasteiger partial charge in [-0.2, -0.15) is 0 Å². The maximum atomic E-state index is 12.3. The molecule has 1 atom stereocenters. The number of hydrogen-bond donors (Lipinski definition) is 0. The Kier molecular flexibility index (Phi) is 6.42. The van der Waals surface area contributed by atoms with Crippen LogP contribution in [0.25, 0.3) is 11.5 Å². The van der Waals surface area contributed by atoms with Gasteiger partial charge in [-0.3, -0.25) is 9.00 Å². The van der Waals surface area contributed by atoms with Crippen molar-refractivity contribution in [3.8, 4) is 17.2 Å². The molecule has 140 valence electrons. The number of halogens is 1. The molecule has 0 aliphatic heterocycles. The summed E-state index contributed by atoms with van der Waals surface area (Å²) in [6.45, 7) is 1.74. The number of nitrogens with zero attached hydrogens (tertiary/aromatic N) is 1. The molecule has 3 rings (SSSR count). The van der Waals surface area contributed by atoms with Gasteiger partial charge < -0.3 is 9.15 Å². The van der Waals surface area contributed by atoms with E-state index in [1.807, 2.05) is 12.1 Å². The number of para-hydroxylation sites is 1. The lowest BCUT2D eigenvalue weighted by Gasteiger charge is -2.09. The Morgan fingerprint density at radius 1 is 1.19 bits per heavy atom. The maximum Gasteiger partial charge on any atom is 0.226 e. The Balaban J connectivity index is 1.53. The Morgan fingerprint density at radius 2 is 1.93 bits per heavy atom. The Hall–Kier alpha value is -2.44. The molecule has 3 aromatic rings. The molecule has 5 nitrogen and oxygen atoms in total. The van der Waals surface area contributed by atoms with E-state index in [1.54, 1.807) is 36.4 Å². The van der Waals surface area contributed by atoms with Gasteiger partial charge in [0.2, 0.25) is 5.89 Å². The summed E-state index contributed by atoms with van der Waals surface area (Å²) in [5, 5.41) is 0.637. The second-order valence-electron chi connectivity index (χ2n) is 5.84. The molecule has 0 spiro atoms. The largest absolute Gasteiger partial charge is 0.492 e. The number of ether oxygens (including phenoxy) is 1. The molecule has 2 aromatic carbocycles. The highest BCUT2D eigenvalue weighted by molar-refractivity contribution is 7.84. The lowest BCUT2D eigenvalue weighted by atomic mass is 10.1. The number of carbonyl (C=O) groups is 1. The Morgan fingerprint density at radius 3 is 2.67 bits per heavy atom. The molecular formula is C20H18ClNO4S. The molecule has 0 amide bonds. The SMILES string of the molecule is CC(=O)c1ccccc1OCC[S@@](=O)Cc1coc(-c2ccc(Cl)cc2)n1. The van der Waals surface area contributed by atoms with Crippen LogP contribution in [0.1, 0.15) is 23.0 Å². The quantitative estimate of drug-likeness (QED) is 0.517. The van der Waals surface area contributed by atoms with Gasteiger partial charge in [0.25, 0.3) is 0 Å². The molecule has 1 aromatic heterocycles. The van der Waals surface area contributed by atoms with Crippen LogP contribution in [-0.4, -0.2) is 27.3 Å². The third-order valence-electron chi connectivity index (χ3n) is 3.79. The van der Waals surface area contributed by atoms with Gasteiger partial charge in [-0.15, -0.1) is 0 Å². The maximum absolute atomic E-state index is 12.3. The fourth-order valence-electron chi connectivity index (χ4n) is 2.46. The second-order valence-corrected chi connectivity index (χ2v) is 7.85. The van der Waals surface area contributed by atoms with Gasteiger partial charge in [-0.1, -0.05) is 23.7 Å². The van der Waals surface area contributed by atoms with Crippen LogP contribution in [0.2, 0.25) is 5.02 Å². The van der Waals surface area contributed by atoms with E-state index in [0.29, 0.717) is 33.7 Å². The average molecular weight is 404 g/mol. The van der Waals surface area contributed by atoms with Crippen molar-refractivity contribution in [3.63, 3.8) is 0 Å². The summed E-state index contributed by atoms with van der Waals surface area (Å²) in [5.41, 5.74) is 1.94. The van der Waals surface area contributed by atoms with Gasteiger partial charge in [0.05, 0.1) is 29.4 Å². The van der Waals surface area contributed by atoms with E-state index in [1.165, 1.54) is 13.2 Å². The molecule has 0 N–H and O–H groups in total. The van der Waals surface area contributed by atoms with Crippen LogP contribution in [0.3, 0.4) is 0 Å². The summed E-state index contributed by atoms with van der Waals surface area (Å²) in [5.74, 6) is 1.51. The highest BCUT2D eigenvalue weighted by atomic mass is 35.5. The minimum atomic E-state index is -1.16. The molecule has 0 aliphatic rings. The zero-order valence-electron chi connectivity index (χ0n) is 14.7. The standard InChI is InChI=1S/C20H18ClNO4S/c1-14(23)18-4-2-3-5-19(18)25-10-11-27(24)13-17-12-26-20(22-17)15-6-8-16(21)9-7-15/h2-9,12H,10-11,13H2,1H3/t27-/m1/s1. The molecule has 0 fully saturated rings. The number of oxazole rings is 1. The minimum absolute atomic E-state index is 0.0657. The lowest BCUT2D eigenvalue weighted by Crippen LogP contribution is -2.11. The van der Waals surface area contributed by atoms with Crippen molar-refractivity contribution in [3.05, 3.63) is 71.1 Å². The van der Waals surface area contributed by atoms with Crippen molar-refractivity contribution in [2.24, 2.45) is 0 Å². The van der Waals surface area contributed by atoms with Gasteiger partial charge in [0.1, 0.15) is 12.0 Å². The second kappa shape index (κ2) is 8.97. The number of hydrogen-bond acceptors (Lipinski definition) is 5. The Bertz CT molecular complexity index is 953. The third kappa shape index (κ3) is 5.28. The average Bonchev–Trinajstić information content (AvgIpc) is 3.11. The normalized spacial score (nSPS) is 11.9. The van der Waals surface area contributed by atoms with E-state index in [0.717, 1.165) is 5.56 Å². The molecule has 0 bridgehead atoms. The smallest absolute Gasteiger partial charge is 0.226 e. The summed E-state index contributed by atoms with van der Waals surface area (Å²) in [6, 6.07) is 14.2.